The molecule has 6 nitrogen and oxygen atoms in total. The van der Waals surface area contributed by atoms with Gasteiger partial charge in [0, 0.05) is 11.8 Å². The molecule has 0 bridgehead atoms. The van der Waals surface area contributed by atoms with Crippen LogP contribution in [0.2, 0.25) is 0 Å². The number of nitrogens with zero attached hydrogens (tertiary/aromatic N) is 1. The molecule has 0 spiro atoms. The van der Waals surface area contributed by atoms with E-state index in [0.29, 0.717) is 33.3 Å². The molecule has 1 aromatic rings. The first kappa shape index (κ1) is 21.7. The van der Waals surface area contributed by atoms with Gasteiger partial charge >= 0.3 is 0 Å². The van der Waals surface area contributed by atoms with Crippen molar-refractivity contribution in [2.24, 2.45) is 0 Å². The Kier molecular flexibility index (Phi) is 7.61. The van der Waals surface area contributed by atoms with Gasteiger partial charge in [0.15, 0.2) is 11.5 Å². The highest BCUT2D eigenvalue weighted by molar-refractivity contribution is 8.04. The van der Waals surface area contributed by atoms with Crippen LogP contribution in [0.3, 0.4) is 0 Å². The van der Waals surface area contributed by atoms with Crippen molar-refractivity contribution in [2.45, 2.75) is 51.0 Å². The largest absolute Gasteiger partial charge is 0.493 e. The fourth-order valence-corrected chi connectivity index (χ4v) is 4.95. The number of rotatable bonds is 7. The van der Waals surface area contributed by atoms with Gasteiger partial charge in [-0.2, -0.15) is 0 Å². The summed E-state index contributed by atoms with van der Waals surface area (Å²) in [5.74, 6) is 0.963. The van der Waals surface area contributed by atoms with E-state index in [9.17, 15) is 14.7 Å². The van der Waals surface area contributed by atoms with Crippen molar-refractivity contribution in [1.82, 2.24) is 4.90 Å². The predicted molar refractivity (Wildman–Crippen MR) is 114 cm³/mol. The molecular weight excluding hydrogens is 390 g/mol. The van der Waals surface area contributed by atoms with Crippen molar-refractivity contribution in [2.75, 3.05) is 26.6 Å². The minimum absolute atomic E-state index is 0.0573. The Hall–Kier alpha value is -1.99. The predicted octanol–water partition coefficient (Wildman–Crippen LogP) is 3.62. The van der Waals surface area contributed by atoms with Gasteiger partial charge in [-0.05, 0) is 30.5 Å². The number of hydrogen-bond donors (Lipinski definition) is 1. The summed E-state index contributed by atoms with van der Waals surface area (Å²) in [4.78, 5) is 28.6. The van der Waals surface area contributed by atoms with Crippen molar-refractivity contribution < 1.29 is 24.2 Å². The molecule has 0 saturated heterocycles. The quantitative estimate of drug-likeness (QED) is 0.681. The van der Waals surface area contributed by atoms with Gasteiger partial charge in [-0.1, -0.05) is 38.2 Å². The molecular formula is C22H29NO5S. The second kappa shape index (κ2) is 10.2. The zero-order valence-corrected chi connectivity index (χ0v) is 17.9. The molecule has 1 aliphatic heterocycles. The zero-order valence-electron chi connectivity index (χ0n) is 17.1. The maximum atomic E-state index is 13.4. The summed E-state index contributed by atoms with van der Waals surface area (Å²) in [6.45, 7) is -0.0573. The van der Waals surface area contributed by atoms with Gasteiger partial charge < -0.3 is 14.6 Å². The molecule has 1 heterocycles. The van der Waals surface area contributed by atoms with Crippen LogP contribution < -0.4 is 9.47 Å². The van der Waals surface area contributed by atoms with Crippen molar-refractivity contribution in [3.05, 3.63) is 28.7 Å². The molecule has 2 aliphatic rings. The van der Waals surface area contributed by atoms with Crippen LogP contribution >= 0.6 is 11.8 Å². The topological polar surface area (TPSA) is 76.1 Å². The number of amides is 2. The van der Waals surface area contributed by atoms with Crippen molar-refractivity contribution in [3.63, 3.8) is 0 Å². The first-order valence-electron chi connectivity index (χ1n) is 10.2. The fourth-order valence-electron chi connectivity index (χ4n) is 4.08. The first-order valence-corrected chi connectivity index (χ1v) is 11.2. The van der Waals surface area contributed by atoms with E-state index >= 15 is 0 Å². The third kappa shape index (κ3) is 4.61. The Morgan fingerprint density at radius 1 is 1.00 bits per heavy atom. The van der Waals surface area contributed by atoms with Crippen LogP contribution in [0, 0.1) is 0 Å². The van der Waals surface area contributed by atoms with Gasteiger partial charge in [-0.3, -0.25) is 14.5 Å². The molecule has 29 heavy (non-hydrogen) atoms. The Morgan fingerprint density at radius 3 is 2.28 bits per heavy atom. The Balaban J connectivity index is 1.98. The Labute approximate surface area is 176 Å². The minimum atomic E-state index is -0.242. The molecule has 7 heteroatoms. The lowest BCUT2D eigenvalue weighted by atomic mass is 9.95. The van der Waals surface area contributed by atoms with E-state index in [4.69, 9.17) is 9.47 Å². The standard InChI is InChI=1S/C22H29NO5S/c1-27-17-11-10-15(14-18(17)28-2)19-20(29-13-12-24)22(26)23(21(19)25)16-8-6-4-3-5-7-9-16/h10-11,14,16,24H,3-9,12-13H2,1-2H3. The van der Waals surface area contributed by atoms with E-state index < -0.39 is 0 Å². The summed E-state index contributed by atoms with van der Waals surface area (Å²) in [5, 5.41) is 9.28. The lowest BCUT2D eigenvalue weighted by Gasteiger charge is -2.28. The summed E-state index contributed by atoms with van der Waals surface area (Å²) in [7, 11) is 3.10. The lowest BCUT2D eigenvalue weighted by molar-refractivity contribution is -0.139. The summed E-state index contributed by atoms with van der Waals surface area (Å²) >= 11 is 1.24. The number of aliphatic hydroxyl groups excluding tert-OH is 1. The van der Waals surface area contributed by atoms with Gasteiger partial charge in [-0.25, -0.2) is 0 Å². The van der Waals surface area contributed by atoms with E-state index in [2.05, 4.69) is 0 Å². The van der Waals surface area contributed by atoms with E-state index in [1.54, 1.807) is 32.4 Å². The Bertz CT molecular complexity index is 783. The van der Waals surface area contributed by atoms with Crippen molar-refractivity contribution in [3.8, 4) is 11.5 Å². The third-order valence-electron chi connectivity index (χ3n) is 5.52. The SMILES string of the molecule is COc1ccc(C2=C(SCCO)C(=O)N(C3CCCCCCC3)C2=O)cc1OC. The molecule has 0 aromatic heterocycles. The van der Waals surface area contributed by atoms with E-state index in [-0.39, 0.29) is 24.5 Å². The van der Waals surface area contributed by atoms with E-state index in [1.165, 1.54) is 23.1 Å². The Morgan fingerprint density at radius 2 is 1.66 bits per heavy atom. The fraction of sp³-hybridized carbons (Fsp3) is 0.545. The number of imide groups is 1. The summed E-state index contributed by atoms with van der Waals surface area (Å²) in [5.41, 5.74) is 1.03. The molecule has 1 fully saturated rings. The molecule has 1 N–H and O–H groups in total. The van der Waals surface area contributed by atoms with Gasteiger partial charge in [0.2, 0.25) is 0 Å². The highest BCUT2D eigenvalue weighted by atomic mass is 32.2. The number of aliphatic hydroxyl groups is 1. The van der Waals surface area contributed by atoms with Gasteiger partial charge in [0.25, 0.3) is 11.8 Å². The number of carbonyl (C=O) groups excluding carboxylic acids is 2. The second-order valence-corrected chi connectivity index (χ2v) is 8.43. The smallest absolute Gasteiger partial charge is 0.268 e. The van der Waals surface area contributed by atoms with Crippen LogP contribution in [0.15, 0.2) is 23.1 Å². The van der Waals surface area contributed by atoms with Crippen molar-refractivity contribution >= 4 is 29.1 Å². The molecule has 0 atom stereocenters. The number of methoxy groups -OCH3 is 2. The van der Waals surface area contributed by atoms with Crippen LogP contribution in [0.25, 0.3) is 5.57 Å². The van der Waals surface area contributed by atoms with E-state index in [1.807, 2.05) is 0 Å². The second-order valence-electron chi connectivity index (χ2n) is 7.33. The van der Waals surface area contributed by atoms with Gasteiger partial charge in [-0.15, -0.1) is 11.8 Å². The number of thioether (sulfide) groups is 1. The molecule has 2 amide bonds. The third-order valence-corrected chi connectivity index (χ3v) is 6.58. The zero-order chi connectivity index (χ0) is 20.8. The maximum Gasteiger partial charge on any atom is 0.268 e. The molecule has 1 aliphatic carbocycles. The summed E-state index contributed by atoms with van der Waals surface area (Å²) in [6, 6.07) is 5.20. The van der Waals surface area contributed by atoms with Crippen molar-refractivity contribution in [1.29, 1.82) is 0 Å². The average Bonchev–Trinajstić information content (AvgIpc) is 2.95. The first-order chi connectivity index (χ1) is 14.1. The number of carbonyl (C=O) groups is 2. The van der Waals surface area contributed by atoms with Gasteiger partial charge in [0.1, 0.15) is 0 Å². The van der Waals surface area contributed by atoms with Crippen LogP contribution in [0.4, 0.5) is 0 Å². The minimum Gasteiger partial charge on any atom is -0.493 e. The monoisotopic (exact) mass is 419 g/mol. The number of benzene rings is 1. The lowest BCUT2D eigenvalue weighted by Crippen LogP contribution is -2.41. The van der Waals surface area contributed by atoms with Crippen LogP contribution in [-0.2, 0) is 9.59 Å². The van der Waals surface area contributed by atoms with Gasteiger partial charge in [0.05, 0.1) is 31.3 Å². The molecule has 0 radical (unpaired) electrons. The summed E-state index contributed by atoms with van der Waals surface area (Å²) in [6.07, 6.45) is 7.30. The normalized spacial score (nSPS) is 18.8. The molecule has 1 saturated carbocycles. The molecule has 1 aromatic carbocycles. The average molecular weight is 420 g/mol. The highest BCUT2D eigenvalue weighted by Gasteiger charge is 2.42. The summed E-state index contributed by atoms with van der Waals surface area (Å²) < 4.78 is 10.7. The molecule has 0 unspecified atom stereocenters. The highest BCUT2D eigenvalue weighted by Crippen LogP contribution is 2.41. The molecule has 158 valence electrons. The molecule has 3 rings (SSSR count). The van der Waals surface area contributed by atoms with Crippen LogP contribution in [0.1, 0.15) is 50.5 Å². The van der Waals surface area contributed by atoms with Crippen LogP contribution in [-0.4, -0.2) is 54.4 Å². The van der Waals surface area contributed by atoms with Crippen LogP contribution in [0.5, 0.6) is 11.5 Å². The number of hydrogen-bond acceptors (Lipinski definition) is 6. The number of ether oxygens (including phenoxy) is 2. The maximum absolute atomic E-state index is 13.4. The van der Waals surface area contributed by atoms with E-state index in [0.717, 1.165) is 38.5 Å².